The Morgan fingerprint density at radius 2 is 2.28 bits per heavy atom. The second-order valence-electron chi connectivity index (χ2n) is 4.32. The number of nitrogens with zero attached hydrogens (tertiary/aromatic N) is 3. The van der Waals surface area contributed by atoms with Crippen LogP contribution in [0.4, 0.5) is 11.5 Å². The normalized spacial score (nSPS) is 12.8. The van der Waals surface area contributed by atoms with E-state index in [4.69, 9.17) is 0 Å². The quantitative estimate of drug-likeness (QED) is 0.870. The highest BCUT2D eigenvalue weighted by Crippen LogP contribution is 2.26. The molecule has 2 aromatic heterocycles. The summed E-state index contributed by atoms with van der Waals surface area (Å²) in [4.78, 5) is 8.59. The monoisotopic (exact) mass is 236 g/mol. The molecule has 88 valence electrons. The summed E-state index contributed by atoms with van der Waals surface area (Å²) in [6.45, 7) is 0. The molecule has 18 heavy (non-hydrogen) atoms. The molecular formula is C14H12N4. The van der Waals surface area contributed by atoms with Crippen molar-refractivity contribution in [3.8, 4) is 6.07 Å². The van der Waals surface area contributed by atoms with Gasteiger partial charge >= 0.3 is 0 Å². The minimum absolute atomic E-state index is 0.597. The Hall–Kier alpha value is -2.41. The first-order valence-electron chi connectivity index (χ1n) is 5.97. The number of nitrogens with one attached hydrogen (secondary N) is 1. The molecule has 0 saturated carbocycles. The van der Waals surface area contributed by atoms with Crippen LogP contribution in [0.15, 0.2) is 30.6 Å². The van der Waals surface area contributed by atoms with Crippen molar-refractivity contribution in [2.75, 3.05) is 5.32 Å². The second kappa shape index (κ2) is 4.46. The third kappa shape index (κ3) is 1.91. The Kier molecular flexibility index (Phi) is 2.66. The number of aryl methyl sites for hydroxylation is 2. The van der Waals surface area contributed by atoms with E-state index in [2.05, 4.69) is 21.4 Å². The highest BCUT2D eigenvalue weighted by atomic mass is 15.0. The highest BCUT2D eigenvalue weighted by molar-refractivity contribution is 5.63. The molecule has 0 amide bonds. The number of rotatable bonds is 2. The van der Waals surface area contributed by atoms with Gasteiger partial charge in [0.1, 0.15) is 11.9 Å². The Labute approximate surface area is 105 Å². The van der Waals surface area contributed by atoms with Crippen LogP contribution < -0.4 is 5.32 Å². The number of aromatic nitrogens is 2. The summed E-state index contributed by atoms with van der Waals surface area (Å²) in [6, 6.07) is 7.91. The number of anilines is 2. The third-order valence-electron chi connectivity index (χ3n) is 3.10. The van der Waals surface area contributed by atoms with E-state index < -0.39 is 0 Å². The van der Waals surface area contributed by atoms with E-state index in [0.29, 0.717) is 11.4 Å². The fraction of sp³-hybridized carbons (Fsp3) is 0.214. The molecule has 1 N–H and O–H groups in total. The topological polar surface area (TPSA) is 61.6 Å². The molecule has 0 aromatic carbocycles. The molecule has 2 aromatic rings. The molecule has 0 aliphatic heterocycles. The molecule has 0 radical (unpaired) electrons. The molecule has 0 unspecified atom stereocenters. The molecule has 1 aliphatic rings. The first kappa shape index (κ1) is 10.7. The molecule has 0 bridgehead atoms. The van der Waals surface area contributed by atoms with Crippen molar-refractivity contribution in [2.45, 2.75) is 19.3 Å². The summed E-state index contributed by atoms with van der Waals surface area (Å²) in [5.41, 5.74) is 3.77. The van der Waals surface area contributed by atoms with Crippen LogP contribution in [0, 0.1) is 11.3 Å². The van der Waals surface area contributed by atoms with Gasteiger partial charge in [-0.2, -0.15) is 5.26 Å². The lowest BCUT2D eigenvalue weighted by Crippen LogP contribution is -2.01. The van der Waals surface area contributed by atoms with Crippen molar-refractivity contribution in [3.63, 3.8) is 0 Å². The van der Waals surface area contributed by atoms with E-state index >= 15 is 0 Å². The standard InChI is InChI=1S/C14H12N4/c15-8-11-7-10-3-1-5-13(10)18-14(11)17-12-4-2-6-16-9-12/h2,4,6-7,9H,1,3,5H2,(H,17,18). The lowest BCUT2D eigenvalue weighted by molar-refractivity contribution is 0.900. The molecule has 0 spiro atoms. The molecule has 4 heteroatoms. The van der Waals surface area contributed by atoms with E-state index in [9.17, 15) is 5.26 Å². The Balaban J connectivity index is 1.99. The summed E-state index contributed by atoms with van der Waals surface area (Å²) in [7, 11) is 0. The molecule has 3 rings (SSSR count). The average molecular weight is 236 g/mol. The molecule has 1 aliphatic carbocycles. The minimum atomic E-state index is 0.597. The van der Waals surface area contributed by atoms with Crippen LogP contribution in [0.2, 0.25) is 0 Å². The number of hydrogen-bond acceptors (Lipinski definition) is 4. The maximum Gasteiger partial charge on any atom is 0.148 e. The van der Waals surface area contributed by atoms with Crippen molar-refractivity contribution >= 4 is 11.5 Å². The fourth-order valence-corrected chi connectivity index (χ4v) is 2.23. The predicted octanol–water partition coefficient (Wildman–Crippen LogP) is 2.58. The third-order valence-corrected chi connectivity index (χ3v) is 3.10. The van der Waals surface area contributed by atoms with E-state index in [1.54, 1.807) is 12.4 Å². The largest absolute Gasteiger partial charge is 0.338 e. The summed E-state index contributed by atoms with van der Waals surface area (Å²) in [5.74, 6) is 0.631. The van der Waals surface area contributed by atoms with Gasteiger partial charge in [0.2, 0.25) is 0 Å². The average Bonchev–Trinajstić information content (AvgIpc) is 2.86. The Morgan fingerprint density at radius 3 is 3.06 bits per heavy atom. The number of nitriles is 1. The smallest absolute Gasteiger partial charge is 0.148 e. The lowest BCUT2D eigenvalue weighted by Gasteiger charge is -2.09. The zero-order chi connectivity index (χ0) is 12.4. The molecular weight excluding hydrogens is 224 g/mol. The summed E-state index contributed by atoms with van der Waals surface area (Å²) in [5, 5.41) is 12.3. The molecule has 0 saturated heterocycles. The Morgan fingerprint density at radius 1 is 1.33 bits per heavy atom. The van der Waals surface area contributed by atoms with E-state index in [0.717, 1.165) is 30.6 Å². The SMILES string of the molecule is N#Cc1cc2c(nc1Nc1cccnc1)CCC2. The van der Waals surface area contributed by atoms with Gasteiger partial charge in [-0.15, -0.1) is 0 Å². The van der Waals surface area contributed by atoms with Crippen LogP contribution in [0.25, 0.3) is 0 Å². The number of pyridine rings is 2. The highest BCUT2D eigenvalue weighted by Gasteiger charge is 2.16. The second-order valence-corrected chi connectivity index (χ2v) is 4.32. The first-order valence-corrected chi connectivity index (χ1v) is 5.97. The molecule has 4 nitrogen and oxygen atoms in total. The van der Waals surface area contributed by atoms with Gasteiger partial charge < -0.3 is 5.32 Å². The van der Waals surface area contributed by atoms with Gasteiger partial charge in [0.05, 0.1) is 17.4 Å². The minimum Gasteiger partial charge on any atom is -0.338 e. The molecule has 0 fully saturated rings. The summed E-state index contributed by atoms with van der Waals surface area (Å²) in [6.07, 6.45) is 6.60. The van der Waals surface area contributed by atoms with Gasteiger partial charge in [0.25, 0.3) is 0 Å². The molecule has 0 atom stereocenters. The maximum absolute atomic E-state index is 9.18. The fourth-order valence-electron chi connectivity index (χ4n) is 2.23. The van der Waals surface area contributed by atoms with Gasteiger partial charge in [-0.25, -0.2) is 4.98 Å². The van der Waals surface area contributed by atoms with Crippen molar-refractivity contribution in [3.05, 3.63) is 47.4 Å². The van der Waals surface area contributed by atoms with E-state index in [1.165, 1.54) is 5.56 Å². The van der Waals surface area contributed by atoms with Crippen LogP contribution in [-0.2, 0) is 12.8 Å². The maximum atomic E-state index is 9.18. The van der Waals surface area contributed by atoms with Gasteiger partial charge in [0, 0.05) is 11.9 Å². The van der Waals surface area contributed by atoms with Crippen molar-refractivity contribution < 1.29 is 0 Å². The van der Waals surface area contributed by atoms with E-state index in [1.807, 2.05) is 18.2 Å². The zero-order valence-corrected chi connectivity index (χ0v) is 9.85. The first-order chi connectivity index (χ1) is 8.86. The van der Waals surface area contributed by atoms with Crippen LogP contribution in [0.1, 0.15) is 23.2 Å². The van der Waals surface area contributed by atoms with Gasteiger partial charge in [-0.1, -0.05) is 0 Å². The van der Waals surface area contributed by atoms with Crippen LogP contribution in [0.5, 0.6) is 0 Å². The lowest BCUT2D eigenvalue weighted by atomic mass is 10.1. The van der Waals surface area contributed by atoms with Crippen LogP contribution in [0.3, 0.4) is 0 Å². The van der Waals surface area contributed by atoms with Crippen molar-refractivity contribution in [1.82, 2.24) is 9.97 Å². The van der Waals surface area contributed by atoms with Crippen LogP contribution >= 0.6 is 0 Å². The van der Waals surface area contributed by atoms with Gasteiger partial charge in [-0.05, 0) is 43.0 Å². The number of fused-ring (bicyclic) bond motifs is 1. The summed E-state index contributed by atoms with van der Waals surface area (Å²) >= 11 is 0. The van der Waals surface area contributed by atoms with Crippen molar-refractivity contribution in [2.24, 2.45) is 0 Å². The zero-order valence-electron chi connectivity index (χ0n) is 9.85. The summed E-state index contributed by atoms with van der Waals surface area (Å²) < 4.78 is 0. The molecule has 2 heterocycles. The van der Waals surface area contributed by atoms with Gasteiger partial charge in [-0.3, -0.25) is 4.98 Å². The van der Waals surface area contributed by atoms with Crippen molar-refractivity contribution in [1.29, 1.82) is 5.26 Å². The van der Waals surface area contributed by atoms with Gasteiger partial charge in [0.15, 0.2) is 0 Å². The number of hydrogen-bond donors (Lipinski definition) is 1. The van der Waals surface area contributed by atoms with E-state index in [-0.39, 0.29) is 0 Å². The Bertz CT molecular complexity index is 614. The predicted molar refractivity (Wildman–Crippen MR) is 68.5 cm³/mol. The van der Waals surface area contributed by atoms with Crippen LogP contribution in [-0.4, -0.2) is 9.97 Å².